The van der Waals surface area contributed by atoms with E-state index in [0.717, 1.165) is 24.2 Å². The molecule has 0 aromatic heterocycles. The summed E-state index contributed by atoms with van der Waals surface area (Å²) in [6.07, 6.45) is 1.52. The fourth-order valence-corrected chi connectivity index (χ4v) is 4.24. The summed E-state index contributed by atoms with van der Waals surface area (Å²) in [5, 5.41) is 9.14. The van der Waals surface area contributed by atoms with Crippen LogP contribution in [0.2, 0.25) is 5.82 Å². The molecule has 4 atom stereocenters. The third-order valence-corrected chi connectivity index (χ3v) is 5.99. The maximum absolute atomic E-state index is 11.4. The van der Waals surface area contributed by atoms with Gasteiger partial charge < -0.3 is 14.5 Å². The Morgan fingerprint density at radius 2 is 2.12 bits per heavy atom. The van der Waals surface area contributed by atoms with Crippen LogP contribution >= 0.6 is 18.2 Å². The molecule has 0 bridgehead atoms. The molecule has 0 spiro atoms. The Balaban J connectivity index is 2.39. The zero-order valence-corrected chi connectivity index (χ0v) is 11.1. The first kappa shape index (κ1) is 14.6. The molecule has 4 nitrogen and oxygen atoms in total. The third kappa shape index (κ3) is 4.42. The lowest BCUT2D eigenvalue weighted by Crippen LogP contribution is -2.16. The van der Waals surface area contributed by atoms with Gasteiger partial charge in [-0.15, -0.1) is 0 Å². The highest BCUT2D eigenvalue weighted by Crippen LogP contribution is 2.56. The molecule has 1 unspecified atom stereocenters. The summed E-state index contributed by atoms with van der Waals surface area (Å²) in [4.78, 5) is 9.40. The van der Waals surface area contributed by atoms with Crippen molar-refractivity contribution in [3.8, 4) is 0 Å². The molecule has 0 aliphatic heterocycles. The lowest BCUT2D eigenvalue weighted by atomic mass is 9.85. The van der Waals surface area contributed by atoms with Gasteiger partial charge in [0.25, 0.3) is 0 Å². The average Bonchev–Trinajstić information content (AvgIpc) is 2.56. The molecule has 0 amide bonds. The monoisotopic (exact) mass is 264 g/mol. The topological polar surface area (TPSA) is 66.8 Å². The lowest BCUT2D eigenvalue weighted by molar-refractivity contribution is 0.146. The predicted molar refractivity (Wildman–Crippen MR) is 66.7 cm³/mol. The molecule has 1 aliphatic rings. The molecule has 1 saturated carbocycles. The summed E-state index contributed by atoms with van der Waals surface area (Å²) in [6, 6.07) is 0. The number of rotatable bonds is 6. The normalized spacial score (nSPS) is 33.8. The second-order valence-electron chi connectivity index (χ2n) is 4.12. The molecule has 0 saturated heterocycles. The van der Waals surface area contributed by atoms with Crippen molar-refractivity contribution in [1.29, 1.82) is 0 Å². The van der Waals surface area contributed by atoms with Gasteiger partial charge in [0.15, 0.2) is 0 Å². The van der Waals surface area contributed by atoms with Crippen molar-refractivity contribution in [2.45, 2.75) is 25.6 Å². The van der Waals surface area contributed by atoms with Crippen molar-refractivity contribution in [1.82, 2.24) is 0 Å². The minimum absolute atomic E-state index is 0.0678. The molecule has 1 aliphatic carbocycles. The summed E-state index contributed by atoms with van der Waals surface area (Å²) in [7, 11) is 5.79. The van der Waals surface area contributed by atoms with Crippen molar-refractivity contribution in [2.75, 3.05) is 19.0 Å². The summed E-state index contributed by atoms with van der Waals surface area (Å²) >= 11 is 0.922. The van der Waals surface area contributed by atoms with Gasteiger partial charge in [0.1, 0.15) is 0 Å². The van der Waals surface area contributed by atoms with Crippen molar-refractivity contribution in [2.24, 2.45) is 11.8 Å². The van der Waals surface area contributed by atoms with Crippen LogP contribution < -0.4 is 0 Å². The van der Waals surface area contributed by atoms with Gasteiger partial charge in [-0.3, -0.25) is 0 Å². The van der Waals surface area contributed by atoms with E-state index in [2.05, 4.69) is 0 Å². The van der Waals surface area contributed by atoms with Gasteiger partial charge in [0.05, 0.1) is 14.5 Å². The zero-order chi connectivity index (χ0) is 12.2. The van der Waals surface area contributed by atoms with Crippen LogP contribution in [-0.2, 0) is 9.09 Å². The molecule has 1 rings (SSSR count). The first-order chi connectivity index (χ1) is 7.48. The maximum Gasteiger partial charge on any atom is 0.386 e. The largest absolute Gasteiger partial charge is 0.396 e. The van der Waals surface area contributed by atoms with Gasteiger partial charge in [-0.2, -0.15) is 0 Å². The average molecular weight is 264 g/mol. The van der Waals surface area contributed by atoms with E-state index in [4.69, 9.17) is 17.5 Å². The fourth-order valence-electron chi connectivity index (χ4n) is 2.08. The first-order valence-electron chi connectivity index (χ1n) is 5.46. The second-order valence-corrected chi connectivity index (χ2v) is 8.31. The Morgan fingerprint density at radius 1 is 1.50 bits per heavy atom. The van der Waals surface area contributed by atoms with Gasteiger partial charge in [-0.25, -0.2) is 4.57 Å². The van der Waals surface area contributed by atoms with E-state index in [-0.39, 0.29) is 30.9 Å². The fraction of sp³-hybridized carbons (Fsp3) is 1.00. The molecule has 0 heterocycles. The second kappa shape index (κ2) is 6.46. The quantitative estimate of drug-likeness (QED) is 0.566. The zero-order valence-electron chi connectivity index (χ0n) is 9.41. The Kier molecular flexibility index (Phi) is 5.88. The van der Waals surface area contributed by atoms with Gasteiger partial charge >= 0.3 is 6.80 Å². The van der Waals surface area contributed by atoms with E-state index >= 15 is 0 Å². The number of aliphatic hydroxyl groups is 1. The predicted octanol–water partition coefficient (Wildman–Crippen LogP) is 1.83. The molecule has 7 heteroatoms. The molecular formula is C9H18BO4PS. The number of hydrogen-bond acceptors (Lipinski definition) is 4. The molecule has 0 aromatic carbocycles. The molecular weight excluding hydrogens is 246 g/mol. The smallest absolute Gasteiger partial charge is 0.386 e. The van der Waals surface area contributed by atoms with E-state index < -0.39 is 6.80 Å². The molecule has 2 radical (unpaired) electrons. The van der Waals surface area contributed by atoms with Crippen LogP contribution in [-0.4, -0.2) is 36.8 Å². The van der Waals surface area contributed by atoms with Gasteiger partial charge in [0, 0.05) is 12.4 Å². The number of hydrogen-bond donors (Lipinski definition) is 2. The summed E-state index contributed by atoms with van der Waals surface area (Å²) in [5.74, 6) is 0.809. The summed E-state index contributed by atoms with van der Waals surface area (Å²) in [5.41, 5.74) is 0. The highest BCUT2D eigenvalue weighted by Gasteiger charge is 2.33. The van der Waals surface area contributed by atoms with Crippen LogP contribution in [0.15, 0.2) is 0 Å². The molecule has 2 N–H and O–H groups in total. The van der Waals surface area contributed by atoms with Crippen LogP contribution in [0.25, 0.3) is 0 Å². The van der Waals surface area contributed by atoms with Crippen LogP contribution in [0, 0.1) is 11.8 Å². The van der Waals surface area contributed by atoms with Crippen LogP contribution in [0.4, 0.5) is 0 Å². The van der Waals surface area contributed by atoms with Crippen molar-refractivity contribution in [3.05, 3.63) is 0 Å². The molecule has 92 valence electrons. The Hall–Kier alpha value is 0.525. The van der Waals surface area contributed by atoms with E-state index in [1.165, 1.54) is 0 Å². The summed E-state index contributed by atoms with van der Waals surface area (Å²) < 4.78 is 16.5. The van der Waals surface area contributed by atoms with Gasteiger partial charge in [-0.05, 0) is 23.2 Å². The van der Waals surface area contributed by atoms with Gasteiger partial charge in [0.2, 0.25) is 0 Å². The first-order valence-corrected chi connectivity index (χ1v) is 8.63. The SMILES string of the molecule is [B][C@H]1C[C@@H](CO)[C@@H](COP(=O)(O)SCC)C1. The van der Waals surface area contributed by atoms with Crippen molar-refractivity contribution < 1.29 is 19.1 Å². The van der Waals surface area contributed by atoms with Crippen LogP contribution in [0.1, 0.15) is 19.8 Å². The minimum atomic E-state index is -3.51. The van der Waals surface area contributed by atoms with Gasteiger partial charge in [-0.1, -0.05) is 25.6 Å². The molecule has 1 fully saturated rings. The Bertz CT molecular complexity index is 266. The Morgan fingerprint density at radius 3 is 2.69 bits per heavy atom. The van der Waals surface area contributed by atoms with E-state index in [0.29, 0.717) is 5.75 Å². The van der Waals surface area contributed by atoms with Crippen LogP contribution in [0.5, 0.6) is 0 Å². The highest BCUT2D eigenvalue weighted by molar-refractivity contribution is 8.54. The maximum atomic E-state index is 11.4. The van der Waals surface area contributed by atoms with E-state index in [1.54, 1.807) is 6.92 Å². The lowest BCUT2D eigenvalue weighted by Gasteiger charge is -2.18. The van der Waals surface area contributed by atoms with Crippen molar-refractivity contribution >= 4 is 26.0 Å². The standard InChI is InChI=1S/C9H18BO4PS/c1-2-16-15(12,13)14-6-8-4-9(10)3-7(8)5-11/h7-9,11H,2-6H2,1H3,(H,12,13)/t7-,8+,9-/m0/s1. The third-order valence-electron chi connectivity index (χ3n) is 2.86. The Labute approximate surface area is 102 Å². The molecule has 0 aromatic rings. The van der Waals surface area contributed by atoms with E-state index in [9.17, 15) is 9.46 Å². The van der Waals surface area contributed by atoms with Crippen LogP contribution in [0.3, 0.4) is 0 Å². The van der Waals surface area contributed by atoms with Crippen molar-refractivity contribution in [3.63, 3.8) is 0 Å². The highest BCUT2D eigenvalue weighted by atomic mass is 32.7. The molecule has 16 heavy (non-hydrogen) atoms. The number of aliphatic hydroxyl groups excluding tert-OH is 1. The van der Waals surface area contributed by atoms with E-state index in [1.807, 2.05) is 0 Å². The minimum Gasteiger partial charge on any atom is -0.396 e. The summed E-state index contributed by atoms with van der Waals surface area (Å²) in [6.45, 7) is -1.43.